The Balaban J connectivity index is 1.51. The van der Waals surface area contributed by atoms with Crippen molar-refractivity contribution in [2.75, 3.05) is 32.8 Å². The molecule has 0 bridgehead atoms. The molecule has 2 aliphatic heterocycles. The predicted octanol–water partition coefficient (Wildman–Crippen LogP) is 2.24. The van der Waals surface area contributed by atoms with Crippen molar-refractivity contribution in [1.82, 2.24) is 10.2 Å². The topological polar surface area (TPSA) is 24.5 Å². The Kier molecular flexibility index (Phi) is 4.71. The zero-order valence-electron chi connectivity index (χ0n) is 12.4. The monoisotopic (exact) mass is 274 g/mol. The van der Waals surface area contributed by atoms with E-state index in [1.54, 1.807) is 0 Å². The smallest absolute Gasteiger partial charge is 0.0620 e. The van der Waals surface area contributed by atoms with Crippen LogP contribution in [0.25, 0.3) is 0 Å². The van der Waals surface area contributed by atoms with Gasteiger partial charge < -0.3 is 10.1 Å². The van der Waals surface area contributed by atoms with E-state index in [-0.39, 0.29) is 0 Å². The summed E-state index contributed by atoms with van der Waals surface area (Å²) in [6.07, 6.45) is 2.49. The Morgan fingerprint density at radius 2 is 2.20 bits per heavy atom. The summed E-state index contributed by atoms with van der Waals surface area (Å²) in [7, 11) is 0. The molecule has 2 fully saturated rings. The second kappa shape index (κ2) is 6.70. The molecular weight excluding hydrogens is 248 g/mol. The van der Waals surface area contributed by atoms with Crippen LogP contribution in [-0.2, 0) is 4.74 Å². The maximum absolute atomic E-state index is 5.56. The highest BCUT2D eigenvalue weighted by molar-refractivity contribution is 5.21. The summed E-state index contributed by atoms with van der Waals surface area (Å²) in [5.74, 6) is 0.717. The molecule has 0 saturated carbocycles. The summed E-state index contributed by atoms with van der Waals surface area (Å²) in [6.45, 7) is 7.55. The molecule has 0 aliphatic carbocycles. The molecule has 20 heavy (non-hydrogen) atoms. The number of hydrogen-bond acceptors (Lipinski definition) is 3. The first-order valence-electron chi connectivity index (χ1n) is 7.93. The van der Waals surface area contributed by atoms with Crippen molar-refractivity contribution in [3.63, 3.8) is 0 Å². The number of morpholine rings is 1. The molecule has 2 saturated heterocycles. The molecule has 1 N–H and O–H groups in total. The Hall–Kier alpha value is -0.900. The third-order valence-electron chi connectivity index (χ3n) is 4.74. The van der Waals surface area contributed by atoms with E-state index in [1.807, 2.05) is 0 Å². The van der Waals surface area contributed by atoms with E-state index in [1.165, 1.54) is 31.5 Å². The number of nitrogens with zero attached hydrogens (tertiary/aromatic N) is 1. The van der Waals surface area contributed by atoms with Crippen LogP contribution < -0.4 is 5.32 Å². The lowest BCUT2D eigenvalue weighted by molar-refractivity contribution is 0.0642. The standard InChI is InChI=1S/C17H26N2O/c1-14(11-17-13-20-10-8-18-17)19-9-7-16(12-19)15-5-3-2-4-6-15/h2-6,14,16-18H,7-13H2,1H3. The number of likely N-dealkylation sites (tertiary alicyclic amines) is 1. The molecule has 2 aliphatic rings. The van der Waals surface area contributed by atoms with Gasteiger partial charge in [0.2, 0.25) is 0 Å². The number of benzene rings is 1. The zero-order chi connectivity index (χ0) is 13.8. The third-order valence-corrected chi connectivity index (χ3v) is 4.74. The lowest BCUT2D eigenvalue weighted by atomic mass is 9.99. The van der Waals surface area contributed by atoms with Gasteiger partial charge in [0.15, 0.2) is 0 Å². The molecule has 2 heterocycles. The zero-order valence-corrected chi connectivity index (χ0v) is 12.4. The van der Waals surface area contributed by atoms with Gasteiger partial charge in [-0.25, -0.2) is 0 Å². The maximum Gasteiger partial charge on any atom is 0.0620 e. The van der Waals surface area contributed by atoms with Crippen molar-refractivity contribution in [2.24, 2.45) is 0 Å². The fourth-order valence-electron chi connectivity index (χ4n) is 3.52. The highest BCUT2D eigenvalue weighted by Crippen LogP contribution is 2.29. The Bertz CT molecular complexity index is 403. The number of nitrogens with one attached hydrogen (secondary N) is 1. The van der Waals surface area contributed by atoms with Crippen LogP contribution in [0, 0.1) is 0 Å². The SMILES string of the molecule is CC(CC1COCCN1)N1CCC(c2ccccc2)C1. The average molecular weight is 274 g/mol. The van der Waals surface area contributed by atoms with Gasteiger partial charge in [-0.05, 0) is 37.8 Å². The van der Waals surface area contributed by atoms with E-state index in [4.69, 9.17) is 4.74 Å². The molecule has 1 aromatic carbocycles. The van der Waals surface area contributed by atoms with Gasteiger partial charge in [-0.15, -0.1) is 0 Å². The minimum Gasteiger partial charge on any atom is -0.379 e. The summed E-state index contributed by atoms with van der Waals surface area (Å²) < 4.78 is 5.56. The molecule has 3 nitrogen and oxygen atoms in total. The molecule has 3 rings (SSSR count). The molecule has 0 radical (unpaired) electrons. The summed E-state index contributed by atoms with van der Waals surface area (Å²) in [5, 5.41) is 3.56. The lowest BCUT2D eigenvalue weighted by Gasteiger charge is -2.31. The molecule has 0 aromatic heterocycles. The van der Waals surface area contributed by atoms with E-state index in [0.29, 0.717) is 18.0 Å². The molecule has 3 unspecified atom stereocenters. The molecule has 3 heteroatoms. The van der Waals surface area contributed by atoms with Crippen LogP contribution >= 0.6 is 0 Å². The first-order valence-corrected chi connectivity index (χ1v) is 7.93. The highest BCUT2D eigenvalue weighted by atomic mass is 16.5. The van der Waals surface area contributed by atoms with Crippen molar-refractivity contribution in [1.29, 1.82) is 0 Å². The van der Waals surface area contributed by atoms with Crippen LogP contribution in [0.5, 0.6) is 0 Å². The summed E-state index contributed by atoms with van der Waals surface area (Å²) >= 11 is 0. The van der Waals surface area contributed by atoms with E-state index in [0.717, 1.165) is 19.8 Å². The highest BCUT2D eigenvalue weighted by Gasteiger charge is 2.28. The van der Waals surface area contributed by atoms with Crippen molar-refractivity contribution < 1.29 is 4.74 Å². The van der Waals surface area contributed by atoms with E-state index in [2.05, 4.69) is 47.5 Å². The summed E-state index contributed by atoms with van der Waals surface area (Å²) in [4.78, 5) is 2.65. The van der Waals surface area contributed by atoms with Crippen molar-refractivity contribution in [3.05, 3.63) is 35.9 Å². The number of ether oxygens (including phenoxy) is 1. The summed E-state index contributed by atoms with van der Waals surface area (Å²) in [6, 6.07) is 12.1. The van der Waals surface area contributed by atoms with Gasteiger partial charge >= 0.3 is 0 Å². The first-order chi connectivity index (χ1) is 9.83. The molecular formula is C17H26N2O. The van der Waals surface area contributed by atoms with Gasteiger partial charge in [-0.1, -0.05) is 30.3 Å². The fraction of sp³-hybridized carbons (Fsp3) is 0.647. The Labute approximate surface area is 122 Å². The summed E-state index contributed by atoms with van der Waals surface area (Å²) in [5.41, 5.74) is 1.50. The van der Waals surface area contributed by atoms with Crippen molar-refractivity contribution in [3.8, 4) is 0 Å². The number of rotatable bonds is 4. The van der Waals surface area contributed by atoms with E-state index < -0.39 is 0 Å². The van der Waals surface area contributed by atoms with Crippen molar-refractivity contribution in [2.45, 2.75) is 37.8 Å². The van der Waals surface area contributed by atoms with Crippen LogP contribution in [0.2, 0.25) is 0 Å². The van der Waals surface area contributed by atoms with Crippen LogP contribution in [0.3, 0.4) is 0 Å². The fourth-order valence-corrected chi connectivity index (χ4v) is 3.52. The van der Waals surface area contributed by atoms with Gasteiger partial charge in [-0.3, -0.25) is 4.90 Å². The van der Waals surface area contributed by atoms with Gasteiger partial charge in [-0.2, -0.15) is 0 Å². The average Bonchev–Trinajstić information content (AvgIpc) is 2.99. The van der Waals surface area contributed by atoms with E-state index in [9.17, 15) is 0 Å². The van der Waals surface area contributed by atoms with Crippen LogP contribution in [0.4, 0.5) is 0 Å². The second-order valence-electron chi connectivity index (χ2n) is 6.20. The van der Waals surface area contributed by atoms with E-state index >= 15 is 0 Å². The van der Waals surface area contributed by atoms with Gasteiger partial charge in [0.1, 0.15) is 0 Å². The number of hydrogen-bond donors (Lipinski definition) is 1. The molecule has 0 amide bonds. The maximum atomic E-state index is 5.56. The van der Waals surface area contributed by atoms with Gasteiger partial charge in [0.25, 0.3) is 0 Å². The first kappa shape index (κ1) is 14.1. The minimum absolute atomic E-state index is 0.537. The van der Waals surface area contributed by atoms with Gasteiger partial charge in [0, 0.05) is 25.2 Å². The Morgan fingerprint density at radius 3 is 2.95 bits per heavy atom. The largest absolute Gasteiger partial charge is 0.379 e. The Morgan fingerprint density at radius 1 is 1.35 bits per heavy atom. The third kappa shape index (κ3) is 3.40. The van der Waals surface area contributed by atoms with Crippen molar-refractivity contribution >= 4 is 0 Å². The molecule has 3 atom stereocenters. The minimum atomic E-state index is 0.537. The second-order valence-corrected chi connectivity index (χ2v) is 6.20. The van der Waals surface area contributed by atoms with Crippen LogP contribution in [0.1, 0.15) is 31.2 Å². The normalized spacial score (nSPS) is 29.4. The predicted molar refractivity (Wildman–Crippen MR) is 82.1 cm³/mol. The lowest BCUT2D eigenvalue weighted by Crippen LogP contribution is -2.45. The molecule has 110 valence electrons. The van der Waals surface area contributed by atoms with Crippen LogP contribution in [0.15, 0.2) is 30.3 Å². The van der Waals surface area contributed by atoms with Crippen LogP contribution in [-0.4, -0.2) is 49.8 Å². The van der Waals surface area contributed by atoms with Gasteiger partial charge in [0.05, 0.1) is 13.2 Å². The quantitative estimate of drug-likeness (QED) is 0.911. The molecule has 1 aromatic rings. The molecule has 0 spiro atoms.